The number of nitrogens with one attached hydrogen (secondary N) is 2. The van der Waals surface area contributed by atoms with Gasteiger partial charge in [-0.1, -0.05) is 13.8 Å². The number of imidazole rings is 1. The van der Waals surface area contributed by atoms with Gasteiger partial charge in [-0.15, -0.1) is 0 Å². The van der Waals surface area contributed by atoms with E-state index in [-0.39, 0.29) is 36.5 Å². The predicted octanol–water partition coefficient (Wildman–Crippen LogP) is -2.42. The van der Waals surface area contributed by atoms with E-state index >= 15 is 0 Å². The number of amides is 2. The summed E-state index contributed by atoms with van der Waals surface area (Å²) in [6.07, 6.45) is -5.82. The topological polar surface area (TPSA) is 398 Å². The average molecular weight is 870 g/mol. The first-order chi connectivity index (χ1) is 25.1. The fraction of sp³-hybridized carbons (Fsp3) is 0.680. The zero-order valence-corrected chi connectivity index (χ0v) is 33.0. The Hall–Kier alpha value is -2.84. The molecule has 0 spiro atoms. The maximum atomic E-state index is 12.7. The first-order valence-corrected chi connectivity index (χ1v) is 22.0. The second kappa shape index (κ2) is 17.7. The number of phosphoric acid groups is 3. The minimum absolute atomic E-state index is 0.00360. The van der Waals surface area contributed by atoms with Crippen LogP contribution in [0.15, 0.2) is 12.7 Å². The molecule has 55 heavy (non-hydrogen) atoms. The molecule has 2 amide bonds. The lowest BCUT2D eigenvalue weighted by Gasteiger charge is -2.30. The van der Waals surface area contributed by atoms with Crippen LogP contribution in [0.1, 0.15) is 34.1 Å². The zero-order valence-electron chi connectivity index (χ0n) is 29.5. The Bertz CT molecular complexity index is 1990. The molecule has 312 valence electrons. The Morgan fingerprint density at radius 2 is 1.71 bits per heavy atom. The van der Waals surface area contributed by atoms with E-state index in [1.165, 1.54) is 20.8 Å². The normalized spacial score (nSPS) is 23.5. The number of Topliss-reactive ketones (excluding diaryl/α,β-unsaturated/α-hetero) is 1. The van der Waals surface area contributed by atoms with Gasteiger partial charge in [0, 0.05) is 24.9 Å². The summed E-state index contributed by atoms with van der Waals surface area (Å²) in [4.78, 5) is 86.6. The van der Waals surface area contributed by atoms with Crippen LogP contribution in [0.2, 0.25) is 0 Å². The lowest BCUT2D eigenvalue weighted by Crippen LogP contribution is -2.46. The molecular formula is C25H42N7O19P3S. The zero-order chi connectivity index (χ0) is 41.8. The summed E-state index contributed by atoms with van der Waals surface area (Å²) in [5.41, 5.74) is 2.18. The van der Waals surface area contributed by atoms with Gasteiger partial charge in [0.15, 0.2) is 27.0 Å². The van der Waals surface area contributed by atoms with Crippen molar-refractivity contribution in [3.05, 3.63) is 12.7 Å². The highest BCUT2D eigenvalue weighted by molar-refractivity contribution is 7.92. The van der Waals surface area contributed by atoms with Crippen molar-refractivity contribution in [3.8, 4) is 0 Å². The summed E-state index contributed by atoms with van der Waals surface area (Å²) >= 11 is 0. The Labute approximate surface area is 312 Å². The third kappa shape index (κ3) is 13.1. The van der Waals surface area contributed by atoms with E-state index in [4.69, 9.17) is 19.5 Å². The fourth-order valence-electron chi connectivity index (χ4n) is 4.98. The minimum Gasteiger partial charge on any atom is -0.385 e. The van der Waals surface area contributed by atoms with Crippen molar-refractivity contribution in [2.24, 2.45) is 5.41 Å². The van der Waals surface area contributed by atoms with Gasteiger partial charge >= 0.3 is 23.5 Å². The highest BCUT2D eigenvalue weighted by Crippen LogP contribution is 2.61. The van der Waals surface area contributed by atoms with Gasteiger partial charge in [0.25, 0.3) is 0 Å². The van der Waals surface area contributed by atoms with Gasteiger partial charge < -0.3 is 50.9 Å². The number of ether oxygens (including phenoxy) is 1. The number of anilines is 1. The molecule has 2 aromatic rings. The van der Waals surface area contributed by atoms with Crippen molar-refractivity contribution >= 4 is 67.9 Å². The third-order valence-electron chi connectivity index (χ3n) is 7.72. The summed E-state index contributed by atoms with van der Waals surface area (Å²) in [7, 11) is -20.2. The van der Waals surface area contributed by atoms with Gasteiger partial charge in [-0.05, 0) is 13.8 Å². The first-order valence-electron chi connectivity index (χ1n) is 15.7. The molecule has 30 heteroatoms. The number of carbonyl (C=O) groups is 3. The molecule has 10 N–H and O–H groups in total. The molecule has 3 rings (SSSR count). The standard InChI is InChI=1S/C25H42N7O19P3S/c1-14(33)10-55(45,46)8-7-27-16(34)5-6-28-23(37)20(36)24(2,3)11-48-54(43,44)51-53(41,42)47-9-15-18(50-52(38,39)40)19(35)25(4,49-15)32-13-31-17-21(26)29-12-30-22(17)32/h12-13,15,18-20,35-36H,5-11H2,1-4H3,(H,27,34)(H,28,37)(H,41,42)(H,43,44)(H2,26,29,30)(H2,38,39,40). The van der Waals surface area contributed by atoms with Crippen molar-refractivity contribution in [3.63, 3.8) is 0 Å². The highest BCUT2D eigenvalue weighted by Gasteiger charge is 2.57. The Balaban J connectivity index is 1.56. The van der Waals surface area contributed by atoms with E-state index in [0.29, 0.717) is 0 Å². The number of hydrogen-bond donors (Lipinski definition) is 9. The predicted molar refractivity (Wildman–Crippen MR) is 184 cm³/mol. The lowest BCUT2D eigenvalue weighted by atomic mass is 9.87. The van der Waals surface area contributed by atoms with E-state index in [1.54, 1.807) is 0 Å². The first kappa shape index (κ1) is 46.5. The average Bonchev–Trinajstić information content (AvgIpc) is 3.57. The number of fused-ring (bicyclic) bond motifs is 1. The molecule has 1 aliphatic heterocycles. The second-order valence-corrected chi connectivity index (χ2v) is 19.3. The molecule has 1 saturated heterocycles. The summed E-state index contributed by atoms with van der Waals surface area (Å²) in [6.45, 7) is 2.01. The van der Waals surface area contributed by atoms with E-state index in [0.717, 1.165) is 24.1 Å². The van der Waals surface area contributed by atoms with Gasteiger partial charge in [-0.2, -0.15) is 4.31 Å². The molecule has 1 aliphatic rings. The number of aromatic nitrogens is 4. The molecule has 7 unspecified atom stereocenters. The van der Waals surface area contributed by atoms with Crippen LogP contribution in [0.25, 0.3) is 11.2 Å². The third-order valence-corrected chi connectivity index (χ3v) is 12.5. The van der Waals surface area contributed by atoms with Crippen LogP contribution in [0.5, 0.6) is 0 Å². The maximum absolute atomic E-state index is 12.7. The number of ketones is 1. The quantitative estimate of drug-likeness (QED) is 0.0590. The molecule has 0 bridgehead atoms. The number of aliphatic hydroxyl groups is 2. The number of sulfone groups is 1. The minimum atomic E-state index is -5.62. The van der Waals surface area contributed by atoms with E-state index in [2.05, 4.69) is 34.4 Å². The number of rotatable bonds is 21. The number of phosphoric ester groups is 3. The van der Waals surface area contributed by atoms with Crippen LogP contribution in [0.3, 0.4) is 0 Å². The number of nitrogens with two attached hydrogens (primary N) is 1. The Kier molecular flexibility index (Phi) is 15.0. The molecule has 2 aromatic heterocycles. The fourth-order valence-corrected chi connectivity index (χ4v) is 8.98. The van der Waals surface area contributed by atoms with E-state index in [1.807, 2.05) is 0 Å². The van der Waals surface area contributed by atoms with Crippen LogP contribution in [0, 0.1) is 5.41 Å². The van der Waals surface area contributed by atoms with Crippen LogP contribution in [0.4, 0.5) is 5.82 Å². The molecule has 26 nitrogen and oxygen atoms in total. The van der Waals surface area contributed by atoms with Crippen molar-refractivity contribution < 1.29 is 88.9 Å². The number of carbonyl (C=O) groups excluding carboxylic acids is 3. The number of aliphatic hydroxyl groups excluding tert-OH is 2. The van der Waals surface area contributed by atoms with Crippen molar-refractivity contribution in [2.45, 2.75) is 64.3 Å². The number of nitrogens with zero attached hydrogens (tertiary/aromatic N) is 4. The van der Waals surface area contributed by atoms with Crippen molar-refractivity contribution in [1.29, 1.82) is 0 Å². The second-order valence-electron chi connectivity index (χ2n) is 12.9. The molecule has 0 radical (unpaired) electrons. The largest absolute Gasteiger partial charge is 0.481 e. The number of nitrogen functional groups attached to an aromatic ring is 1. The van der Waals surface area contributed by atoms with Crippen LogP contribution >= 0.6 is 23.5 Å². The van der Waals surface area contributed by atoms with Gasteiger partial charge in [0.1, 0.15) is 47.8 Å². The van der Waals surface area contributed by atoms with Crippen LogP contribution in [-0.4, -0.2) is 138 Å². The van der Waals surface area contributed by atoms with Gasteiger partial charge in [0.05, 0.1) is 25.3 Å². The summed E-state index contributed by atoms with van der Waals surface area (Å²) in [6, 6.07) is 0. The Morgan fingerprint density at radius 3 is 2.33 bits per heavy atom. The van der Waals surface area contributed by atoms with Crippen molar-refractivity contribution in [1.82, 2.24) is 30.2 Å². The highest BCUT2D eigenvalue weighted by atomic mass is 32.2. The molecule has 1 fully saturated rings. The van der Waals surface area contributed by atoms with Gasteiger partial charge in [0.2, 0.25) is 11.8 Å². The Morgan fingerprint density at radius 1 is 1.07 bits per heavy atom. The van der Waals surface area contributed by atoms with Gasteiger partial charge in [-0.25, -0.2) is 37.1 Å². The maximum Gasteiger partial charge on any atom is 0.481 e. The monoisotopic (exact) mass is 869 g/mol. The molecular weight excluding hydrogens is 827 g/mol. The smallest absolute Gasteiger partial charge is 0.385 e. The molecule has 0 aliphatic carbocycles. The molecule has 3 heterocycles. The summed E-state index contributed by atoms with van der Waals surface area (Å²) in [5, 5.41) is 26.1. The summed E-state index contributed by atoms with van der Waals surface area (Å²) in [5.74, 6) is -3.51. The van der Waals surface area contributed by atoms with E-state index < -0.39 is 111 Å². The van der Waals surface area contributed by atoms with Gasteiger partial charge in [-0.3, -0.25) is 32.5 Å². The molecule has 0 aromatic carbocycles. The molecule has 7 atom stereocenters. The number of hydrogen-bond acceptors (Lipinski definition) is 19. The molecule has 0 saturated carbocycles. The van der Waals surface area contributed by atoms with Crippen LogP contribution < -0.4 is 16.4 Å². The summed E-state index contributed by atoms with van der Waals surface area (Å²) < 4.78 is 85.8. The SMILES string of the molecule is CC(=O)CS(=O)(=O)CCNC(=O)CCNC(=O)C(O)C(C)(C)COP(=O)(O)OP(=O)(O)OCC1OC(C)(n2cnc3c(N)ncnc32)C(O)C1OP(=O)(O)O. The van der Waals surface area contributed by atoms with E-state index in [9.17, 15) is 66.3 Å². The van der Waals surface area contributed by atoms with Crippen molar-refractivity contribution in [2.75, 3.05) is 43.5 Å². The lowest BCUT2D eigenvalue weighted by molar-refractivity contribution is -0.137. The van der Waals surface area contributed by atoms with Crippen LogP contribution in [-0.2, 0) is 66.3 Å².